The SMILES string of the molecule is CC(=O)OC1CC(C)=CC2OC(=O)C3(C)OC23C(OC(C)=O)C2C3(C)OC3CC(OC(C)=O)C2(C)C1OC(C)=O. The Kier molecular flexibility index (Phi) is 6.42. The quantitative estimate of drug-likeness (QED) is 0.211. The average Bonchev–Trinajstić information content (AvgIpc) is 3.64. The lowest BCUT2D eigenvalue weighted by Crippen LogP contribution is -2.68. The lowest BCUT2D eigenvalue weighted by molar-refractivity contribution is -0.228. The van der Waals surface area contributed by atoms with Crippen LogP contribution in [0, 0.1) is 11.3 Å². The van der Waals surface area contributed by atoms with Gasteiger partial charge in [-0.2, -0.15) is 0 Å². The second kappa shape index (κ2) is 9.01. The molecule has 11 unspecified atom stereocenters. The lowest BCUT2D eigenvalue weighted by atomic mass is 9.53. The molecular weight excluding hydrogens is 528 g/mol. The Balaban J connectivity index is 1.81. The largest absolute Gasteiger partial charge is 0.462 e. The summed E-state index contributed by atoms with van der Waals surface area (Å²) in [5.74, 6) is -3.99. The predicted octanol–water partition coefficient (Wildman–Crippen LogP) is 1.70. The molecule has 4 fully saturated rings. The van der Waals surface area contributed by atoms with Crippen LogP contribution in [0.5, 0.6) is 0 Å². The number of epoxide rings is 2. The first-order valence-electron chi connectivity index (χ1n) is 13.5. The van der Waals surface area contributed by atoms with Crippen LogP contribution >= 0.6 is 0 Å². The number of carbonyl (C=O) groups is 5. The minimum Gasteiger partial charge on any atom is -0.462 e. The molecule has 0 aromatic heterocycles. The fraction of sp³-hybridized carbons (Fsp3) is 0.750. The van der Waals surface area contributed by atoms with Crippen LogP contribution < -0.4 is 0 Å². The molecule has 3 aliphatic heterocycles. The van der Waals surface area contributed by atoms with Crippen molar-refractivity contribution in [3.8, 4) is 0 Å². The van der Waals surface area contributed by atoms with E-state index < -0.39 is 94.6 Å². The van der Waals surface area contributed by atoms with Crippen LogP contribution in [0.1, 0.15) is 68.2 Å². The van der Waals surface area contributed by atoms with E-state index in [4.69, 9.17) is 33.2 Å². The Bertz CT molecular complexity index is 1210. The lowest BCUT2D eigenvalue weighted by Gasteiger charge is -2.54. The minimum absolute atomic E-state index is 0.104. The molecule has 0 radical (unpaired) electrons. The van der Waals surface area contributed by atoms with Gasteiger partial charge in [0.1, 0.15) is 24.4 Å². The normalized spacial score (nSPS) is 46.5. The molecule has 3 saturated heterocycles. The first-order valence-corrected chi connectivity index (χ1v) is 13.5. The van der Waals surface area contributed by atoms with Crippen LogP contribution in [0.2, 0.25) is 0 Å². The van der Waals surface area contributed by atoms with E-state index in [-0.39, 0.29) is 12.8 Å². The summed E-state index contributed by atoms with van der Waals surface area (Å²) in [6, 6.07) is 0. The number of carbonyl (C=O) groups excluding carboxylic acids is 5. The molecule has 12 nitrogen and oxygen atoms in total. The summed E-state index contributed by atoms with van der Waals surface area (Å²) >= 11 is 0. The summed E-state index contributed by atoms with van der Waals surface area (Å²) < 4.78 is 41.9. The summed E-state index contributed by atoms with van der Waals surface area (Å²) in [5, 5.41) is 0. The molecular formula is C28H36O12. The van der Waals surface area contributed by atoms with Gasteiger partial charge in [0.2, 0.25) is 0 Å². The fourth-order valence-corrected chi connectivity index (χ4v) is 7.70. The van der Waals surface area contributed by atoms with Gasteiger partial charge in [0.25, 0.3) is 0 Å². The summed E-state index contributed by atoms with van der Waals surface area (Å²) in [5.41, 5.74) is -4.56. The maximum absolute atomic E-state index is 13.1. The van der Waals surface area contributed by atoms with Crippen molar-refractivity contribution < 1.29 is 57.1 Å². The third-order valence-corrected chi connectivity index (χ3v) is 9.36. The number of hydrogen-bond acceptors (Lipinski definition) is 12. The zero-order valence-electron chi connectivity index (χ0n) is 23.9. The van der Waals surface area contributed by atoms with E-state index >= 15 is 0 Å². The van der Waals surface area contributed by atoms with Crippen molar-refractivity contribution in [3.63, 3.8) is 0 Å². The molecule has 11 atom stereocenters. The van der Waals surface area contributed by atoms with Crippen molar-refractivity contribution in [2.45, 2.75) is 122 Å². The molecule has 0 N–H and O–H groups in total. The maximum atomic E-state index is 13.1. The highest BCUT2D eigenvalue weighted by Crippen LogP contribution is 2.69. The van der Waals surface area contributed by atoms with Gasteiger partial charge in [-0.1, -0.05) is 12.5 Å². The Morgan fingerprint density at radius 1 is 0.875 bits per heavy atom. The van der Waals surface area contributed by atoms with Gasteiger partial charge in [0, 0.05) is 46.5 Å². The number of ether oxygens (including phenoxy) is 7. The van der Waals surface area contributed by atoms with Crippen LogP contribution in [0.15, 0.2) is 11.6 Å². The second-order valence-corrected chi connectivity index (χ2v) is 12.1. The first kappa shape index (κ1) is 28.5. The predicted molar refractivity (Wildman–Crippen MR) is 132 cm³/mol. The number of fused-ring (bicyclic) bond motifs is 3. The molecule has 0 bridgehead atoms. The molecule has 1 spiro atoms. The molecule has 0 amide bonds. The van der Waals surface area contributed by atoms with Crippen LogP contribution in [0.3, 0.4) is 0 Å². The number of rotatable bonds is 4. The Morgan fingerprint density at radius 3 is 2.00 bits per heavy atom. The van der Waals surface area contributed by atoms with Gasteiger partial charge in [-0.25, -0.2) is 4.79 Å². The van der Waals surface area contributed by atoms with Crippen LogP contribution in [0.4, 0.5) is 0 Å². The maximum Gasteiger partial charge on any atom is 0.342 e. The molecule has 5 aliphatic rings. The van der Waals surface area contributed by atoms with Crippen molar-refractivity contribution in [3.05, 3.63) is 11.6 Å². The van der Waals surface area contributed by atoms with Gasteiger partial charge in [-0.3, -0.25) is 19.2 Å². The van der Waals surface area contributed by atoms with E-state index in [0.717, 1.165) is 0 Å². The summed E-state index contributed by atoms with van der Waals surface area (Å²) in [6.45, 7) is 11.9. The van der Waals surface area contributed by atoms with Crippen molar-refractivity contribution in [2.75, 3.05) is 0 Å². The van der Waals surface area contributed by atoms with Gasteiger partial charge in [-0.15, -0.1) is 0 Å². The van der Waals surface area contributed by atoms with Gasteiger partial charge in [0.05, 0.1) is 17.1 Å². The van der Waals surface area contributed by atoms with E-state index in [2.05, 4.69) is 0 Å². The van der Waals surface area contributed by atoms with Gasteiger partial charge in [-0.05, 0) is 26.8 Å². The van der Waals surface area contributed by atoms with Crippen molar-refractivity contribution in [2.24, 2.45) is 11.3 Å². The zero-order chi connectivity index (χ0) is 29.6. The molecule has 1 saturated carbocycles. The Labute approximate surface area is 231 Å². The van der Waals surface area contributed by atoms with E-state index in [1.807, 2.05) is 6.92 Å². The first-order chi connectivity index (χ1) is 18.5. The fourth-order valence-electron chi connectivity index (χ4n) is 7.70. The summed E-state index contributed by atoms with van der Waals surface area (Å²) in [7, 11) is 0. The third-order valence-electron chi connectivity index (χ3n) is 9.36. The summed E-state index contributed by atoms with van der Waals surface area (Å²) in [4.78, 5) is 63.2. The average molecular weight is 565 g/mol. The minimum atomic E-state index is -1.43. The Hall–Kier alpha value is -2.99. The molecule has 12 heteroatoms. The Morgan fingerprint density at radius 2 is 1.45 bits per heavy atom. The molecule has 0 aromatic rings. The molecule has 0 aromatic carbocycles. The second-order valence-electron chi connectivity index (χ2n) is 12.1. The smallest absolute Gasteiger partial charge is 0.342 e. The topological polar surface area (TPSA) is 157 Å². The van der Waals surface area contributed by atoms with Crippen molar-refractivity contribution in [1.82, 2.24) is 0 Å². The molecule has 5 rings (SSSR count). The van der Waals surface area contributed by atoms with Crippen molar-refractivity contribution in [1.29, 1.82) is 0 Å². The highest BCUT2D eigenvalue weighted by atomic mass is 16.7. The van der Waals surface area contributed by atoms with Crippen molar-refractivity contribution >= 4 is 29.8 Å². The summed E-state index contributed by atoms with van der Waals surface area (Å²) in [6.07, 6.45) is -3.61. The van der Waals surface area contributed by atoms with E-state index in [1.54, 1.807) is 26.8 Å². The van der Waals surface area contributed by atoms with Crippen LogP contribution in [-0.4, -0.2) is 83.3 Å². The highest BCUT2D eigenvalue weighted by Gasteiger charge is 2.89. The number of esters is 5. The van der Waals surface area contributed by atoms with Gasteiger partial charge in [0.15, 0.2) is 17.3 Å². The van der Waals surface area contributed by atoms with E-state index in [1.165, 1.54) is 27.7 Å². The standard InChI is InChI=1S/C28H36O12/c1-12-9-17(34-13(2)29)22(36-15(4)31)25(6)18(35-14(3)30)11-19-26(7,39-19)21(25)23(37-16(5)32)28-20(10-12)38-24(33)27(28,8)40-28/h10,17-23H,9,11H2,1-8H3. The molecule has 2 aliphatic carbocycles. The number of hydrogen-bond donors (Lipinski definition) is 0. The monoisotopic (exact) mass is 564 g/mol. The van der Waals surface area contributed by atoms with Crippen LogP contribution in [0.25, 0.3) is 0 Å². The molecule has 40 heavy (non-hydrogen) atoms. The zero-order valence-corrected chi connectivity index (χ0v) is 23.9. The van der Waals surface area contributed by atoms with Gasteiger partial charge < -0.3 is 33.2 Å². The molecule has 3 heterocycles. The van der Waals surface area contributed by atoms with Crippen LogP contribution in [-0.2, 0) is 57.1 Å². The van der Waals surface area contributed by atoms with E-state index in [0.29, 0.717) is 5.57 Å². The van der Waals surface area contributed by atoms with Gasteiger partial charge >= 0.3 is 29.8 Å². The molecule has 220 valence electrons. The third kappa shape index (κ3) is 3.97. The highest BCUT2D eigenvalue weighted by molar-refractivity contribution is 5.89. The van der Waals surface area contributed by atoms with E-state index in [9.17, 15) is 24.0 Å².